The molecule has 30 heavy (non-hydrogen) atoms. The van der Waals surface area contributed by atoms with Crippen molar-refractivity contribution in [3.8, 4) is 17.3 Å². The molecule has 1 heterocycles. The van der Waals surface area contributed by atoms with E-state index in [0.717, 1.165) is 17.3 Å². The molecule has 0 saturated heterocycles. The Morgan fingerprint density at radius 1 is 1.17 bits per heavy atom. The maximum absolute atomic E-state index is 13.2. The van der Waals surface area contributed by atoms with Crippen molar-refractivity contribution < 1.29 is 12.8 Å². The third-order valence-electron chi connectivity index (χ3n) is 4.09. The second-order valence-corrected chi connectivity index (χ2v) is 9.12. The summed E-state index contributed by atoms with van der Waals surface area (Å²) in [6, 6.07) is 13.6. The minimum Gasteiger partial charge on any atom is -0.300 e. The summed E-state index contributed by atoms with van der Waals surface area (Å²) in [5.41, 5.74) is 0.739. The second-order valence-electron chi connectivity index (χ2n) is 6.27. The van der Waals surface area contributed by atoms with E-state index in [1.165, 1.54) is 36.4 Å². The normalized spacial score (nSPS) is 11.2. The molecule has 0 aliphatic rings. The van der Waals surface area contributed by atoms with Crippen LogP contribution in [0.2, 0.25) is 0 Å². The standard InChI is InChI=1S/C20H17FN4O3S2/c1-13-2-8-16(9-3-13)30(27,28)23-10-11-29-20-24-18(17(12-22)19(26)25-20)14-4-6-15(21)7-5-14/h2-9,23H,10-11H2,1H3,(H,24,25,26). The first kappa shape index (κ1) is 21.7. The van der Waals surface area contributed by atoms with Gasteiger partial charge in [0, 0.05) is 17.9 Å². The lowest BCUT2D eigenvalue weighted by molar-refractivity contribution is 0.584. The molecule has 1 aromatic heterocycles. The Bertz CT molecular complexity index is 1250. The fourth-order valence-corrected chi connectivity index (χ4v) is 4.45. The van der Waals surface area contributed by atoms with Gasteiger partial charge in [0.1, 0.15) is 17.4 Å². The molecule has 0 fully saturated rings. The molecule has 7 nitrogen and oxygen atoms in total. The molecule has 0 spiro atoms. The van der Waals surface area contributed by atoms with Gasteiger partial charge in [0.25, 0.3) is 5.56 Å². The highest BCUT2D eigenvalue weighted by Gasteiger charge is 2.15. The Balaban J connectivity index is 1.71. The summed E-state index contributed by atoms with van der Waals surface area (Å²) in [7, 11) is -3.64. The number of nitrogens with one attached hydrogen (secondary N) is 2. The van der Waals surface area contributed by atoms with Gasteiger partial charge < -0.3 is 4.98 Å². The third-order valence-corrected chi connectivity index (χ3v) is 6.44. The molecular weight excluding hydrogens is 427 g/mol. The van der Waals surface area contributed by atoms with Crippen molar-refractivity contribution in [2.75, 3.05) is 12.3 Å². The van der Waals surface area contributed by atoms with E-state index >= 15 is 0 Å². The van der Waals surface area contributed by atoms with Crippen molar-refractivity contribution in [2.45, 2.75) is 17.0 Å². The number of benzene rings is 2. The third kappa shape index (κ3) is 5.13. The van der Waals surface area contributed by atoms with Gasteiger partial charge in [-0.25, -0.2) is 22.5 Å². The summed E-state index contributed by atoms with van der Waals surface area (Å²) in [4.78, 5) is 19.2. The largest absolute Gasteiger partial charge is 0.300 e. The van der Waals surface area contributed by atoms with Crippen LogP contribution in [-0.4, -0.2) is 30.7 Å². The van der Waals surface area contributed by atoms with E-state index in [9.17, 15) is 22.9 Å². The van der Waals surface area contributed by atoms with Crippen LogP contribution in [-0.2, 0) is 10.0 Å². The van der Waals surface area contributed by atoms with Crippen LogP contribution in [0.3, 0.4) is 0 Å². The summed E-state index contributed by atoms with van der Waals surface area (Å²) >= 11 is 1.13. The lowest BCUT2D eigenvalue weighted by Gasteiger charge is -2.08. The predicted octanol–water partition coefficient (Wildman–Crippen LogP) is 2.83. The number of nitrogens with zero attached hydrogens (tertiary/aromatic N) is 2. The SMILES string of the molecule is Cc1ccc(S(=O)(=O)NCCSc2nc(-c3ccc(F)cc3)c(C#N)c(=O)[nH]2)cc1. The molecule has 0 saturated carbocycles. The number of hydrogen-bond donors (Lipinski definition) is 2. The lowest BCUT2D eigenvalue weighted by Crippen LogP contribution is -2.26. The minimum absolute atomic E-state index is 0.108. The van der Waals surface area contributed by atoms with Crippen molar-refractivity contribution in [2.24, 2.45) is 0 Å². The number of aromatic amines is 1. The van der Waals surface area contributed by atoms with Gasteiger partial charge in [-0.05, 0) is 43.3 Å². The molecule has 0 bridgehead atoms. The number of nitriles is 1. The molecule has 10 heteroatoms. The van der Waals surface area contributed by atoms with Crippen molar-refractivity contribution in [1.29, 1.82) is 5.26 Å². The Labute approximate surface area is 177 Å². The molecule has 3 aromatic rings. The first-order chi connectivity index (χ1) is 14.3. The summed E-state index contributed by atoms with van der Waals surface area (Å²) in [5, 5.41) is 9.50. The van der Waals surface area contributed by atoms with E-state index < -0.39 is 21.4 Å². The minimum atomic E-state index is -3.64. The van der Waals surface area contributed by atoms with Gasteiger partial charge in [-0.3, -0.25) is 4.79 Å². The van der Waals surface area contributed by atoms with Gasteiger partial charge in [-0.15, -0.1) is 0 Å². The smallest absolute Gasteiger partial charge is 0.270 e. The zero-order valence-corrected chi connectivity index (χ0v) is 17.5. The van der Waals surface area contributed by atoms with Crippen LogP contribution >= 0.6 is 11.8 Å². The number of aromatic nitrogens is 2. The molecule has 2 N–H and O–H groups in total. The van der Waals surface area contributed by atoms with E-state index in [2.05, 4.69) is 14.7 Å². The molecule has 154 valence electrons. The monoisotopic (exact) mass is 444 g/mol. The number of aryl methyl sites for hydroxylation is 1. The average molecular weight is 445 g/mol. The molecule has 0 aliphatic heterocycles. The number of hydrogen-bond acceptors (Lipinski definition) is 6. The summed E-state index contributed by atoms with van der Waals surface area (Å²) in [6.45, 7) is 1.97. The summed E-state index contributed by atoms with van der Waals surface area (Å²) in [5.74, 6) is -0.152. The zero-order chi connectivity index (χ0) is 21.7. The fourth-order valence-electron chi connectivity index (χ4n) is 2.57. The van der Waals surface area contributed by atoms with E-state index in [1.807, 2.05) is 13.0 Å². The van der Waals surface area contributed by atoms with Crippen LogP contribution in [0, 0.1) is 24.1 Å². The predicted molar refractivity (Wildman–Crippen MR) is 112 cm³/mol. The van der Waals surface area contributed by atoms with Crippen LogP contribution in [0.25, 0.3) is 11.3 Å². The Kier molecular flexibility index (Phi) is 6.66. The van der Waals surface area contributed by atoms with Gasteiger partial charge in [-0.1, -0.05) is 29.5 Å². The Morgan fingerprint density at radius 2 is 1.83 bits per heavy atom. The molecule has 2 aromatic carbocycles. The highest BCUT2D eigenvalue weighted by atomic mass is 32.2. The molecule has 0 aliphatic carbocycles. The van der Waals surface area contributed by atoms with Gasteiger partial charge in [0.15, 0.2) is 5.16 Å². The van der Waals surface area contributed by atoms with Gasteiger partial charge >= 0.3 is 0 Å². The zero-order valence-electron chi connectivity index (χ0n) is 15.8. The number of halogens is 1. The molecule has 0 unspecified atom stereocenters. The van der Waals surface area contributed by atoms with Crippen LogP contribution in [0.1, 0.15) is 11.1 Å². The second kappa shape index (κ2) is 9.21. The molecular formula is C20H17FN4O3S2. The summed E-state index contributed by atoms with van der Waals surface area (Å²) < 4.78 is 40.3. The highest BCUT2D eigenvalue weighted by Crippen LogP contribution is 2.22. The van der Waals surface area contributed by atoms with Crippen molar-refractivity contribution >= 4 is 21.8 Å². The highest BCUT2D eigenvalue weighted by molar-refractivity contribution is 7.99. The maximum Gasteiger partial charge on any atom is 0.270 e. The van der Waals surface area contributed by atoms with Crippen molar-refractivity contribution in [1.82, 2.24) is 14.7 Å². The van der Waals surface area contributed by atoms with Gasteiger partial charge in [-0.2, -0.15) is 5.26 Å². The lowest BCUT2D eigenvalue weighted by atomic mass is 10.1. The number of sulfonamides is 1. The van der Waals surface area contributed by atoms with E-state index in [1.54, 1.807) is 12.1 Å². The molecule has 0 atom stereocenters. The fraction of sp³-hybridized carbons (Fsp3) is 0.150. The maximum atomic E-state index is 13.2. The first-order valence-electron chi connectivity index (χ1n) is 8.79. The number of rotatable bonds is 7. The van der Waals surface area contributed by atoms with E-state index in [4.69, 9.17) is 0 Å². The summed E-state index contributed by atoms with van der Waals surface area (Å²) in [6.07, 6.45) is 0. The number of H-pyrrole nitrogens is 1. The van der Waals surface area contributed by atoms with E-state index in [-0.39, 0.29) is 27.9 Å². The van der Waals surface area contributed by atoms with Crippen molar-refractivity contribution in [3.05, 3.63) is 75.8 Å². The van der Waals surface area contributed by atoms with Crippen LogP contribution < -0.4 is 10.3 Å². The number of thioether (sulfide) groups is 1. The van der Waals surface area contributed by atoms with E-state index in [0.29, 0.717) is 11.3 Å². The molecule has 0 radical (unpaired) electrons. The molecule has 0 amide bonds. The van der Waals surface area contributed by atoms with Gasteiger partial charge in [0.2, 0.25) is 10.0 Å². The quantitative estimate of drug-likeness (QED) is 0.329. The Morgan fingerprint density at radius 3 is 2.47 bits per heavy atom. The topological polar surface area (TPSA) is 116 Å². The first-order valence-corrected chi connectivity index (χ1v) is 11.3. The van der Waals surface area contributed by atoms with Crippen LogP contribution in [0.15, 0.2) is 63.4 Å². The van der Waals surface area contributed by atoms with Crippen LogP contribution in [0.5, 0.6) is 0 Å². The van der Waals surface area contributed by atoms with Crippen LogP contribution in [0.4, 0.5) is 4.39 Å². The average Bonchev–Trinajstić information content (AvgIpc) is 2.72. The van der Waals surface area contributed by atoms with Crippen molar-refractivity contribution in [3.63, 3.8) is 0 Å². The molecule has 3 rings (SSSR count). The Hall–Kier alpha value is -3.00. The van der Waals surface area contributed by atoms with Gasteiger partial charge in [0.05, 0.1) is 10.6 Å².